The Morgan fingerprint density at radius 1 is 0.621 bits per heavy atom. The van der Waals surface area contributed by atoms with Crippen molar-refractivity contribution in [1.82, 2.24) is 0 Å². The van der Waals surface area contributed by atoms with Crippen molar-refractivity contribution in [1.29, 1.82) is 0 Å². The third-order valence-electron chi connectivity index (χ3n) is 4.69. The summed E-state index contributed by atoms with van der Waals surface area (Å²) in [6, 6.07) is 22.1. The fraction of sp³-hybridized carbons (Fsp3) is 0.0833. The molecule has 142 valence electrons. The predicted molar refractivity (Wildman–Crippen MR) is 111 cm³/mol. The van der Waals surface area contributed by atoms with Crippen LogP contribution in [0.25, 0.3) is 21.5 Å². The molecule has 0 saturated carbocycles. The summed E-state index contributed by atoms with van der Waals surface area (Å²) < 4.78 is 0. The summed E-state index contributed by atoms with van der Waals surface area (Å²) in [5.41, 5.74) is 3.00. The van der Waals surface area contributed by atoms with E-state index in [9.17, 15) is 9.59 Å². The second-order valence-electron chi connectivity index (χ2n) is 6.63. The van der Waals surface area contributed by atoms with Crippen molar-refractivity contribution in [2.75, 3.05) is 0 Å². The zero-order valence-corrected chi connectivity index (χ0v) is 20.4. The SMILES string of the molecule is Cc1cccc2cc(C(=O)O)ccc12.Cc1cccc2cc(C(=O)O)ccc12.[Cd]. The molecule has 0 bridgehead atoms. The number of hydrogen-bond acceptors (Lipinski definition) is 2. The maximum absolute atomic E-state index is 10.7. The van der Waals surface area contributed by atoms with Crippen LogP contribution < -0.4 is 0 Å². The van der Waals surface area contributed by atoms with Crippen LogP contribution in [0, 0.1) is 13.8 Å². The molecule has 29 heavy (non-hydrogen) atoms. The van der Waals surface area contributed by atoms with Gasteiger partial charge in [-0.15, -0.1) is 0 Å². The molecule has 0 radical (unpaired) electrons. The molecule has 0 aromatic heterocycles. The summed E-state index contributed by atoms with van der Waals surface area (Å²) in [5.74, 6) is -1.76. The summed E-state index contributed by atoms with van der Waals surface area (Å²) in [6.07, 6.45) is 0. The van der Waals surface area contributed by atoms with Gasteiger partial charge in [-0.3, -0.25) is 0 Å². The third-order valence-corrected chi connectivity index (χ3v) is 4.69. The Labute approximate surface area is 189 Å². The van der Waals surface area contributed by atoms with Crippen LogP contribution in [0.15, 0.2) is 72.8 Å². The number of rotatable bonds is 2. The Morgan fingerprint density at radius 2 is 1.00 bits per heavy atom. The van der Waals surface area contributed by atoms with Gasteiger partial charge in [0.15, 0.2) is 0 Å². The van der Waals surface area contributed by atoms with Crippen LogP contribution in [-0.4, -0.2) is 22.2 Å². The topological polar surface area (TPSA) is 74.6 Å². The minimum absolute atomic E-state index is 0. The largest absolute Gasteiger partial charge is 0.478 e. The quantitative estimate of drug-likeness (QED) is 0.358. The number of carbonyl (C=O) groups is 2. The average molecular weight is 485 g/mol. The molecule has 4 aromatic rings. The fourth-order valence-electron chi connectivity index (χ4n) is 3.16. The number of hydrogen-bond donors (Lipinski definition) is 2. The summed E-state index contributed by atoms with van der Waals surface area (Å²) in [5, 5.41) is 21.8. The van der Waals surface area contributed by atoms with Gasteiger partial charge in [-0.1, -0.05) is 48.5 Å². The molecule has 4 nitrogen and oxygen atoms in total. The smallest absolute Gasteiger partial charge is 0.335 e. The van der Waals surface area contributed by atoms with E-state index in [-0.39, 0.29) is 27.3 Å². The summed E-state index contributed by atoms with van der Waals surface area (Å²) in [6.45, 7) is 4.03. The van der Waals surface area contributed by atoms with E-state index in [1.165, 1.54) is 11.1 Å². The van der Waals surface area contributed by atoms with Gasteiger partial charge in [0.1, 0.15) is 0 Å². The van der Waals surface area contributed by atoms with E-state index >= 15 is 0 Å². The maximum atomic E-state index is 10.7. The molecule has 0 aliphatic heterocycles. The Kier molecular flexibility index (Phi) is 7.50. The Balaban J connectivity index is 0.000000200. The van der Waals surface area contributed by atoms with Gasteiger partial charge in [0.2, 0.25) is 0 Å². The van der Waals surface area contributed by atoms with Crippen molar-refractivity contribution in [3.63, 3.8) is 0 Å². The number of benzene rings is 4. The zero-order valence-electron chi connectivity index (χ0n) is 16.3. The first-order valence-corrected chi connectivity index (χ1v) is 8.82. The van der Waals surface area contributed by atoms with Crippen molar-refractivity contribution < 1.29 is 47.1 Å². The van der Waals surface area contributed by atoms with E-state index in [1.54, 1.807) is 24.3 Å². The van der Waals surface area contributed by atoms with E-state index in [0.717, 1.165) is 21.5 Å². The molecule has 2 N–H and O–H groups in total. The molecule has 5 heteroatoms. The number of carboxylic acids is 2. The van der Waals surface area contributed by atoms with Gasteiger partial charge in [-0.25, -0.2) is 9.59 Å². The van der Waals surface area contributed by atoms with Crippen molar-refractivity contribution in [3.05, 3.63) is 95.1 Å². The van der Waals surface area contributed by atoms with Crippen LogP contribution in [0.1, 0.15) is 31.8 Å². The van der Waals surface area contributed by atoms with Crippen molar-refractivity contribution in [3.8, 4) is 0 Å². The van der Waals surface area contributed by atoms with E-state index in [1.807, 2.05) is 62.4 Å². The van der Waals surface area contributed by atoms with Crippen LogP contribution in [-0.2, 0) is 27.3 Å². The monoisotopic (exact) mass is 486 g/mol. The summed E-state index contributed by atoms with van der Waals surface area (Å²) in [4.78, 5) is 21.5. The fourth-order valence-corrected chi connectivity index (χ4v) is 3.16. The molecule has 0 unspecified atom stereocenters. The second-order valence-corrected chi connectivity index (χ2v) is 6.63. The summed E-state index contributed by atoms with van der Waals surface area (Å²) in [7, 11) is 0. The van der Waals surface area contributed by atoms with Crippen LogP contribution in [0.3, 0.4) is 0 Å². The predicted octanol–water partition coefficient (Wildman–Crippen LogP) is 5.69. The van der Waals surface area contributed by atoms with E-state index in [0.29, 0.717) is 11.1 Å². The second kappa shape index (κ2) is 9.65. The van der Waals surface area contributed by atoms with Gasteiger partial charge < -0.3 is 10.2 Å². The molecule has 0 atom stereocenters. The number of aromatic carboxylic acids is 2. The molecular weight excluding hydrogens is 465 g/mol. The van der Waals surface area contributed by atoms with Crippen molar-refractivity contribution in [2.24, 2.45) is 0 Å². The van der Waals surface area contributed by atoms with Crippen LogP contribution in [0.2, 0.25) is 0 Å². The van der Waals surface area contributed by atoms with Gasteiger partial charge >= 0.3 is 11.9 Å². The molecule has 0 saturated heterocycles. The first-order chi connectivity index (χ1) is 13.4. The standard InChI is InChI=1S/2C12H10O2.Cd/c2*1-8-3-2-4-9-7-10(12(13)14)5-6-11(8)9;/h2*2-7H,1H3,(H,13,14);. The van der Waals surface area contributed by atoms with Gasteiger partial charge in [0.25, 0.3) is 0 Å². The van der Waals surface area contributed by atoms with Gasteiger partial charge in [0, 0.05) is 27.3 Å². The molecule has 0 amide bonds. The Bertz CT molecular complexity index is 1100. The first kappa shape index (κ1) is 22.6. The van der Waals surface area contributed by atoms with Crippen molar-refractivity contribution >= 4 is 33.5 Å². The van der Waals surface area contributed by atoms with Crippen LogP contribution in [0.5, 0.6) is 0 Å². The van der Waals surface area contributed by atoms with Gasteiger partial charge in [-0.05, 0) is 70.8 Å². The van der Waals surface area contributed by atoms with Crippen LogP contribution >= 0.6 is 0 Å². The Morgan fingerprint density at radius 3 is 1.34 bits per heavy atom. The average Bonchev–Trinajstić information content (AvgIpc) is 2.68. The Hall–Kier alpha value is -2.74. The van der Waals surface area contributed by atoms with E-state index in [2.05, 4.69) is 0 Å². The number of fused-ring (bicyclic) bond motifs is 2. The molecule has 0 spiro atoms. The number of carboxylic acid groups (broad SMARTS) is 2. The first-order valence-electron chi connectivity index (χ1n) is 8.82. The molecule has 4 aromatic carbocycles. The van der Waals surface area contributed by atoms with Crippen LogP contribution in [0.4, 0.5) is 0 Å². The molecule has 0 heterocycles. The summed E-state index contributed by atoms with van der Waals surface area (Å²) >= 11 is 0. The normalized spacial score (nSPS) is 10.0. The van der Waals surface area contributed by atoms with Gasteiger partial charge in [-0.2, -0.15) is 0 Å². The zero-order chi connectivity index (χ0) is 20.3. The van der Waals surface area contributed by atoms with E-state index < -0.39 is 11.9 Å². The van der Waals surface area contributed by atoms with Gasteiger partial charge in [0.05, 0.1) is 11.1 Å². The molecule has 0 aliphatic carbocycles. The molecule has 4 rings (SSSR count). The molecular formula is C24H20CdO4. The van der Waals surface area contributed by atoms with Crippen molar-refractivity contribution in [2.45, 2.75) is 13.8 Å². The molecule has 0 aliphatic rings. The minimum Gasteiger partial charge on any atom is -0.478 e. The number of aryl methyl sites for hydroxylation is 2. The van der Waals surface area contributed by atoms with E-state index in [4.69, 9.17) is 10.2 Å². The third kappa shape index (κ3) is 5.20. The molecule has 0 fully saturated rings. The maximum Gasteiger partial charge on any atom is 0.335 e. The minimum atomic E-state index is -0.881.